The van der Waals surface area contributed by atoms with E-state index < -0.39 is 6.10 Å². The number of nitrogens with one attached hydrogen (secondary N) is 1. The molecule has 0 saturated carbocycles. The van der Waals surface area contributed by atoms with Crippen molar-refractivity contribution in [1.29, 1.82) is 0 Å². The predicted molar refractivity (Wildman–Crippen MR) is 69.8 cm³/mol. The van der Waals surface area contributed by atoms with Gasteiger partial charge in [0.05, 0.1) is 19.3 Å². The van der Waals surface area contributed by atoms with Gasteiger partial charge in [-0.2, -0.15) is 0 Å². The molecule has 0 spiro atoms. The van der Waals surface area contributed by atoms with Gasteiger partial charge < -0.3 is 15.2 Å². The molecule has 0 bridgehead atoms. The lowest BCUT2D eigenvalue weighted by molar-refractivity contribution is 0.0252. The van der Waals surface area contributed by atoms with Gasteiger partial charge in [-0.25, -0.2) is 4.39 Å². The summed E-state index contributed by atoms with van der Waals surface area (Å²) in [5.41, 5.74) is 0.473. The van der Waals surface area contributed by atoms with Crippen LogP contribution in [0.25, 0.3) is 0 Å². The quantitative estimate of drug-likeness (QED) is 0.818. The summed E-state index contributed by atoms with van der Waals surface area (Å²) in [4.78, 5) is 0. The Kier molecular flexibility index (Phi) is 5.72. The first-order valence-electron chi connectivity index (χ1n) is 6.13. The molecule has 0 aliphatic carbocycles. The zero-order valence-corrected chi connectivity index (χ0v) is 11.2. The van der Waals surface area contributed by atoms with Crippen molar-refractivity contribution in [2.45, 2.75) is 39.0 Å². The van der Waals surface area contributed by atoms with Crippen LogP contribution >= 0.6 is 0 Å². The summed E-state index contributed by atoms with van der Waals surface area (Å²) in [7, 11) is 0. The molecule has 0 aliphatic heterocycles. The fourth-order valence-corrected chi connectivity index (χ4v) is 1.40. The van der Waals surface area contributed by atoms with Crippen molar-refractivity contribution in [3.05, 3.63) is 35.6 Å². The fourth-order valence-electron chi connectivity index (χ4n) is 1.40. The molecular weight excluding hydrogens is 233 g/mol. The summed E-state index contributed by atoms with van der Waals surface area (Å²) in [6.07, 6.45) is -0.587. The number of aliphatic hydroxyl groups is 1. The van der Waals surface area contributed by atoms with Crippen LogP contribution < -0.4 is 5.32 Å². The van der Waals surface area contributed by atoms with Crippen LogP contribution in [0.4, 0.5) is 4.39 Å². The Bertz CT molecular complexity index is 363. The van der Waals surface area contributed by atoms with Gasteiger partial charge in [0, 0.05) is 17.6 Å². The maximum Gasteiger partial charge on any atom is 0.128 e. The van der Waals surface area contributed by atoms with Gasteiger partial charge in [-0.1, -0.05) is 18.2 Å². The first-order chi connectivity index (χ1) is 8.38. The highest BCUT2D eigenvalue weighted by molar-refractivity contribution is 5.16. The zero-order chi connectivity index (χ0) is 13.6. The highest BCUT2D eigenvalue weighted by Gasteiger charge is 2.12. The molecule has 1 aromatic carbocycles. The molecule has 1 atom stereocenters. The highest BCUT2D eigenvalue weighted by atomic mass is 19.1. The van der Waals surface area contributed by atoms with Crippen LogP contribution in [-0.4, -0.2) is 29.9 Å². The van der Waals surface area contributed by atoms with Gasteiger partial charge in [-0.3, -0.25) is 0 Å². The van der Waals surface area contributed by atoms with Gasteiger partial charge in [0.25, 0.3) is 0 Å². The molecule has 2 N–H and O–H groups in total. The maximum atomic E-state index is 13.3. The normalized spacial score (nSPS) is 13.6. The molecule has 0 amide bonds. The highest BCUT2D eigenvalue weighted by Crippen LogP contribution is 2.07. The number of hydrogen-bond donors (Lipinski definition) is 2. The average molecular weight is 255 g/mol. The van der Waals surface area contributed by atoms with Gasteiger partial charge in [-0.05, 0) is 26.8 Å². The van der Waals surface area contributed by atoms with Gasteiger partial charge in [0.2, 0.25) is 0 Å². The zero-order valence-electron chi connectivity index (χ0n) is 11.2. The number of rotatable bonds is 6. The Balaban J connectivity index is 2.24. The molecule has 0 aromatic heterocycles. The number of aliphatic hydroxyl groups excluding tert-OH is 1. The van der Waals surface area contributed by atoms with E-state index in [0.29, 0.717) is 12.1 Å². The van der Waals surface area contributed by atoms with Crippen LogP contribution in [0.1, 0.15) is 26.3 Å². The Morgan fingerprint density at radius 3 is 2.61 bits per heavy atom. The van der Waals surface area contributed by atoms with Crippen LogP contribution in [0.2, 0.25) is 0 Å². The largest absolute Gasteiger partial charge is 0.389 e. The second-order valence-electron chi connectivity index (χ2n) is 5.39. The number of β-amino-alcohol motifs (C(OH)–C–C–N with tert-alkyl or cyclic N) is 1. The molecule has 0 saturated heterocycles. The Morgan fingerprint density at radius 2 is 2.00 bits per heavy atom. The van der Waals surface area contributed by atoms with Crippen molar-refractivity contribution in [2.75, 3.05) is 13.2 Å². The van der Waals surface area contributed by atoms with Crippen LogP contribution in [0.3, 0.4) is 0 Å². The number of benzene rings is 1. The minimum Gasteiger partial charge on any atom is -0.389 e. The summed E-state index contributed by atoms with van der Waals surface area (Å²) in [6, 6.07) is 6.48. The summed E-state index contributed by atoms with van der Waals surface area (Å²) in [5.74, 6) is -0.278. The summed E-state index contributed by atoms with van der Waals surface area (Å²) >= 11 is 0. The summed E-state index contributed by atoms with van der Waals surface area (Å²) < 4.78 is 18.6. The van der Waals surface area contributed by atoms with Gasteiger partial charge in [-0.15, -0.1) is 0 Å². The van der Waals surface area contributed by atoms with E-state index in [-0.39, 0.29) is 24.6 Å². The lowest BCUT2D eigenvalue weighted by atomic mass is 10.1. The molecule has 1 rings (SSSR count). The molecule has 0 heterocycles. The molecular formula is C14H22FNO2. The molecule has 3 nitrogen and oxygen atoms in total. The van der Waals surface area contributed by atoms with Gasteiger partial charge in [0.1, 0.15) is 5.82 Å². The Hall–Kier alpha value is -0.970. The number of hydrogen-bond acceptors (Lipinski definition) is 3. The van der Waals surface area contributed by atoms with Crippen molar-refractivity contribution >= 4 is 0 Å². The third-order valence-electron chi connectivity index (χ3n) is 2.39. The van der Waals surface area contributed by atoms with Crippen LogP contribution in [-0.2, 0) is 11.3 Å². The third kappa shape index (κ3) is 6.10. The van der Waals surface area contributed by atoms with Crippen molar-refractivity contribution in [3.8, 4) is 0 Å². The van der Waals surface area contributed by atoms with Gasteiger partial charge in [0.15, 0.2) is 0 Å². The van der Waals surface area contributed by atoms with E-state index in [9.17, 15) is 9.50 Å². The third-order valence-corrected chi connectivity index (χ3v) is 2.39. The average Bonchev–Trinajstić information content (AvgIpc) is 2.28. The molecule has 4 heteroatoms. The van der Waals surface area contributed by atoms with Crippen molar-refractivity contribution in [3.63, 3.8) is 0 Å². The maximum absolute atomic E-state index is 13.3. The lowest BCUT2D eigenvalue weighted by Gasteiger charge is -2.22. The molecule has 18 heavy (non-hydrogen) atoms. The minimum absolute atomic E-state index is 0.0352. The van der Waals surface area contributed by atoms with E-state index >= 15 is 0 Å². The van der Waals surface area contributed by atoms with E-state index in [1.54, 1.807) is 18.2 Å². The lowest BCUT2D eigenvalue weighted by Crippen LogP contribution is -2.42. The molecule has 1 aromatic rings. The number of halogens is 1. The van der Waals surface area contributed by atoms with Crippen LogP contribution in [0.5, 0.6) is 0 Å². The molecule has 102 valence electrons. The minimum atomic E-state index is -0.587. The molecule has 0 aliphatic rings. The molecule has 0 radical (unpaired) electrons. The Morgan fingerprint density at radius 1 is 1.33 bits per heavy atom. The van der Waals surface area contributed by atoms with Gasteiger partial charge >= 0.3 is 0 Å². The first-order valence-corrected chi connectivity index (χ1v) is 6.13. The topological polar surface area (TPSA) is 41.5 Å². The molecule has 0 fully saturated rings. The monoisotopic (exact) mass is 255 g/mol. The number of ether oxygens (including phenoxy) is 1. The second-order valence-corrected chi connectivity index (χ2v) is 5.39. The fraction of sp³-hybridized carbons (Fsp3) is 0.571. The van der Waals surface area contributed by atoms with Crippen LogP contribution in [0.15, 0.2) is 24.3 Å². The standard InChI is InChI=1S/C14H22FNO2/c1-14(2,3)16-8-12(17)10-18-9-11-6-4-5-7-13(11)15/h4-7,12,16-17H,8-10H2,1-3H3/t12-/m0/s1. The van der Waals surface area contributed by atoms with Crippen molar-refractivity contribution in [1.82, 2.24) is 5.32 Å². The van der Waals surface area contributed by atoms with E-state index in [2.05, 4.69) is 5.32 Å². The van der Waals surface area contributed by atoms with E-state index in [1.807, 2.05) is 20.8 Å². The Labute approximate surface area is 108 Å². The van der Waals surface area contributed by atoms with Crippen molar-refractivity contribution in [2.24, 2.45) is 0 Å². The smallest absolute Gasteiger partial charge is 0.128 e. The predicted octanol–water partition coefficient (Wildman–Crippen LogP) is 2.09. The van der Waals surface area contributed by atoms with Crippen molar-refractivity contribution < 1.29 is 14.2 Å². The summed E-state index contributed by atoms with van der Waals surface area (Å²) in [5, 5.41) is 12.9. The molecule has 0 unspecified atom stereocenters. The summed E-state index contributed by atoms with van der Waals surface area (Å²) in [6.45, 7) is 6.91. The second kappa shape index (κ2) is 6.83. The van der Waals surface area contributed by atoms with E-state index in [4.69, 9.17) is 4.74 Å². The first kappa shape index (κ1) is 15.1. The van der Waals surface area contributed by atoms with Crippen LogP contribution in [0, 0.1) is 5.82 Å². The van der Waals surface area contributed by atoms with E-state index in [0.717, 1.165) is 0 Å². The SMILES string of the molecule is CC(C)(C)NC[C@H](O)COCc1ccccc1F. The van der Waals surface area contributed by atoms with E-state index in [1.165, 1.54) is 6.07 Å².